The molecule has 3 nitrogen and oxygen atoms in total. The van der Waals surface area contributed by atoms with Gasteiger partial charge in [-0.15, -0.1) is 0 Å². The summed E-state index contributed by atoms with van der Waals surface area (Å²) in [6.45, 7) is 40.6. The van der Waals surface area contributed by atoms with E-state index in [-0.39, 0.29) is 44.6 Å². The zero-order chi connectivity index (χ0) is 46.1. The van der Waals surface area contributed by atoms with Crippen LogP contribution in [0.15, 0.2) is 89.3 Å². The summed E-state index contributed by atoms with van der Waals surface area (Å²) in [6, 6.07) is 34.2. The van der Waals surface area contributed by atoms with Crippen LogP contribution in [0.5, 0.6) is 0 Å². The molecule has 4 heteroatoms. The van der Waals surface area contributed by atoms with Crippen molar-refractivity contribution in [3.63, 3.8) is 0 Å². The van der Waals surface area contributed by atoms with E-state index in [1.54, 1.807) is 0 Å². The summed E-state index contributed by atoms with van der Waals surface area (Å²) in [5, 5.41) is 1.18. The standard InChI is InChI=1S/C60H73BN2O/c1-54(2,3)36-18-21-39(22-19-36)63-49-32-38(56(7,8)9)31-48-51(49)61(53-52(63)41-30-37(55(4,5)6)20-25-50(41)64-53)46-34-44-45(60(16,17)29-28-59(44,14)15)35-47(46)62(48)40-23-24-42-43(33-40)58(12,13)27-26-57(42,10)11/h18-25,30-35H,26-29H2,1-17H3. The Balaban J connectivity index is 1.36. The highest BCUT2D eigenvalue weighted by atomic mass is 16.3. The Morgan fingerprint density at radius 1 is 0.453 bits per heavy atom. The predicted molar refractivity (Wildman–Crippen MR) is 277 cm³/mol. The first-order chi connectivity index (χ1) is 29.6. The monoisotopic (exact) mass is 849 g/mol. The fourth-order valence-electron chi connectivity index (χ4n) is 11.8. The van der Waals surface area contributed by atoms with Gasteiger partial charge in [-0.2, -0.15) is 0 Å². The van der Waals surface area contributed by atoms with Crippen molar-refractivity contribution in [2.24, 2.45) is 0 Å². The maximum atomic E-state index is 7.43. The van der Waals surface area contributed by atoms with Crippen LogP contribution < -0.4 is 26.4 Å². The molecule has 2 aliphatic carbocycles. The van der Waals surface area contributed by atoms with Gasteiger partial charge < -0.3 is 14.2 Å². The molecule has 332 valence electrons. The highest BCUT2D eigenvalue weighted by Crippen LogP contribution is 2.54. The van der Waals surface area contributed by atoms with Gasteiger partial charge >= 0.3 is 0 Å². The summed E-state index contributed by atoms with van der Waals surface area (Å²) in [5.74, 6) is 0. The van der Waals surface area contributed by atoms with Crippen molar-refractivity contribution >= 4 is 68.4 Å². The summed E-state index contributed by atoms with van der Waals surface area (Å²) >= 11 is 0. The molecule has 0 atom stereocenters. The maximum absolute atomic E-state index is 7.43. The van der Waals surface area contributed by atoms with Crippen LogP contribution in [0, 0.1) is 0 Å². The lowest BCUT2D eigenvalue weighted by Gasteiger charge is -2.47. The molecule has 0 amide bonds. The lowest BCUT2D eigenvalue weighted by molar-refractivity contribution is 0.332. The second kappa shape index (κ2) is 13.5. The Hall–Kier alpha value is -4.70. The minimum atomic E-state index is -0.114. The highest BCUT2D eigenvalue weighted by molar-refractivity contribution is 7.00. The van der Waals surface area contributed by atoms with Crippen LogP contribution in [0.1, 0.15) is 182 Å². The fourth-order valence-corrected chi connectivity index (χ4v) is 11.8. The zero-order valence-electron chi connectivity index (χ0n) is 42.3. The summed E-state index contributed by atoms with van der Waals surface area (Å²) < 4.78 is 7.43. The van der Waals surface area contributed by atoms with Gasteiger partial charge in [0, 0.05) is 33.8 Å². The average Bonchev–Trinajstić information content (AvgIpc) is 3.58. The van der Waals surface area contributed by atoms with E-state index in [4.69, 9.17) is 4.42 Å². The lowest BCUT2D eigenvalue weighted by Crippen LogP contribution is -2.61. The SMILES string of the molecule is CC(C)(C)c1ccc(N2c3cc(C(C)(C)C)cc4c3B(c3cc5c(cc3N4c3ccc4c(c3)C(C)(C)CCC4(C)C)C(C)(C)CCC5(C)C)c3oc4ccc(C(C)(C)C)cc4c32)cc1. The van der Waals surface area contributed by atoms with Crippen molar-refractivity contribution in [3.8, 4) is 0 Å². The first-order valence-corrected chi connectivity index (χ1v) is 24.4. The molecular weight excluding hydrogens is 775 g/mol. The number of nitrogens with zero attached hydrogens (tertiary/aromatic N) is 2. The molecule has 0 spiro atoms. The van der Waals surface area contributed by atoms with Gasteiger partial charge in [0.15, 0.2) is 0 Å². The van der Waals surface area contributed by atoms with Crippen LogP contribution in [-0.2, 0) is 37.9 Å². The molecule has 2 aliphatic heterocycles. The lowest BCUT2D eigenvalue weighted by atomic mass is 9.35. The van der Waals surface area contributed by atoms with Gasteiger partial charge in [0.05, 0.1) is 11.3 Å². The topological polar surface area (TPSA) is 19.6 Å². The van der Waals surface area contributed by atoms with Crippen molar-refractivity contribution in [2.75, 3.05) is 9.80 Å². The molecule has 0 saturated heterocycles. The van der Waals surface area contributed by atoms with Crippen molar-refractivity contribution in [2.45, 2.75) is 181 Å². The predicted octanol–water partition coefficient (Wildman–Crippen LogP) is 15.1. The van der Waals surface area contributed by atoms with E-state index in [0.29, 0.717) is 0 Å². The summed E-state index contributed by atoms with van der Waals surface area (Å²) in [4.78, 5) is 5.26. The van der Waals surface area contributed by atoms with E-state index in [2.05, 4.69) is 212 Å². The summed E-state index contributed by atoms with van der Waals surface area (Å²) in [7, 11) is 0. The van der Waals surface area contributed by atoms with Crippen molar-refractivity contribution < 1.29 is 4.42 Å². The van der Waals surface area contributed by atoms with Crippen LogP contribution in [-0.4, -0.2) is 6.71 Å². The minimum Gasteiger partial charge on any atom is -0.468 e. The van der Waals surface area contributed by atoms with Gasteiger partial charge in [-0.25, -0.2) is 0 Å². The van der Waals surface area contributed by atoms with E-state index in [0.717, 1.165) is 23.4 Å². The molecule has 3 heterocycles. The van der Waals surface area contributed by atoms with Gasteiger partial charge in [-0.3, -0.25) is 0 Å². The van der Waals surface area contributed by atoms with E-state index in [9.17, 15) is 0 Å². The van der Waals surface area contributed by atoms with Gasteiger partial charge in [0.2, 0.25) is 0 Å². The zero-order valence-corrected chi connectivity index (χ0v) is 42.3. The Morgan fingerprint density at radius 2 is 0.938 bits per heavy atom. The molecular formula is C60H73BN2O. The normalized spacial score (nSPS) is 19.2. The number of fused-ring (bicyclic) bond motifs is 8. The molecule has 0 radical (unpaired) electrons. The molecule has 6 aromatic rings. The highest BCUT2D eigenvalue weighted by Gasteiger charge is 2.50. The van der Waals surface area contributed by atoms with Gasteiger partial charge in [-0.05, 0) is 168 Å². The molecule has 0 bridgehead atoms. The Labute approximate surface area is 386 Å². The van der Waals surface area contributed by atoms with E-state index in [1.165, 1.54) is 103 Å². The van der Waals surface area contributed by atoms with Crippen LogP contribution in [0.3, 0.4) is 0 Å². The van der Waals surface area contributed by atoms with Crippen LogP contribution in [0.2, 0.25) is 0 Å². The van der Waals surface area contributed by atoms with Crippen molar-refractivity contribution in [1.29, 1.82) is 0 Å². The van der Waals surface area contributed by atoms with E-state index in [1.807, 2.05) is 0 Å². The molecule has 5 aromatic carbocycles. The first kappa shape index (κ1) is 43.2. The molecule has 64 heavy (non-hydrogen) atoms. The quantitative estimate of drug-likeness (QED) is 0.162. The molecule has 1 aromatic heterocycles. The number of rotatable bonds is 2. The number of anilines is 6. The molecule has 0 N–H and O–H groups in total. The van der Waals surface area contributed by atoms with Crippen molar-refractivity contribution in [3.05, 3.63) is 124 Å². The van der Waals surface area contributed by atoms with Crippen molar-refractivity contribution in [1.82, 2.24) is 0 Å². The third-order valence-electron chi connectivity index (χ3n) is 16.5. The fraction of sp³-hybridized carbons (Fsp3) is 0.467. The average molecular weight is 849 g/mol. The molecule has 0 fully saturated rings. The Kier molecular flexibility index (Phi) is 9.08. The molecule has 0 saturated carbocycles. The number of hydrogen-bond donors (Lipinski definition) is 0. The number of hydrogen-bond acceptors (Lipinski definition) is 3. The Bertz CT molecular complexity index is 2900. The van der Waals surface area contributed by atoms with Crippen LogP contribution in [0.25, 0.3) is 11.0 Å². The second-order valence-electron chi connectivity index (χ2n) is 26.1. The summed E-state index contributed by atoms with van der Waals surface area (Å²) in [6.07, 6.45) is 4.70. The van der Waals surface area contributed by atoms with Gasteiger partial charge in [0.25, 0.3) is 6.71 Å². The van der Waals surface area contributed by atoms with Gasteiger partial charge in [-0.1, -0.05) is 148 Å². The van der Waals surface area contributed by atoms with Crippen LogP contribution in [0.4, 0.5) is 34.1 Å². The maximum Gasteiger partial charge on any atom is 0.297 e. The smallest absolute Gasteiger partial charge is 0.297 e. The number of furan rings is 1. The van der Waals surface area contributed by atoms with E-state index >= 15 is 0 Å². The Morgan fingerprint density at radius 3 is 1.50 bits per heavy atom. The third-order valence-corrected chi connectivity index (χ3v) is 16.5. The third kappa shape index (κ3) is 6.49. The second-order valence-corrected chi connectivity index (χ2v) is 26.1. The molecule has 0 unspecified atom stereocenters. The largest absolute Gasteiger partial charge is 0.468 e. The molecule has 10 rings (SSSR count). The first-order valence-electron chi connectivity index (χ1n) is 24.4. The van der Waals surface area contributed by atoms with Crippen LogP contribution >= 0.6 is 0 Å². The minimum absolute atomic E-state index is 0.0231. The number of benzene rings is 5. The van der Waals surface area contributed by atoms with E-state index < -0.39 is 0 Å². The molecule has 4 aliphatic rings. The van der Waals surface area contributed by atoms with Gasteiger partial charge in [0.1, 0.15) is 5.58 Å². The summed E-state index contributed by atoms with van der Waals surface area (Å²) in [5.41, 5.74) is 22.2.